The van der Waals surface area contributed by atoms with Crippen molar-refractivity contribution < 1.29 is 9.18 Å². The Balaban J connectivity index is 1.53. The number of nitrogens with one attached hydrogen (secondary N) is 1. The highest BCUT2D eigenvalue weighted by Crippen LogP contribution is 2.27. The smallest absolute Gasteiger partial charge is 0.337 e. The third kappa shape index (κ3) is 2.83. The fraction of sp³-hybridized carbons (Fsp3) is 0.444. The average molecular weight is 372 g/mol. The SMILES string of the molecule is CCn1c(C2CCN(C(=O)c3nc4c(C)cccn4c3F)CC2)n[nH]c1=O. The van der Waals surface area contributed by atoms with Gasteiger partial charge in [0.1, 0.15) is 11.5 Å². The van der Waals surface area contributed by atoms with Gasteiger partial charge < -0.3 is 4.90 Å². The Bertz CT molecular complexity index is 1060. The second-order valence-electron chi connectivity index (χ2n) is 6.83. The largest absolute Gasteiger partial charge is 0.343 e. The van der Waals surface area contributed by atoms with Gasteiger partial charge in [-0.15, -0.1) is 0 Å². The number of carbonyl (C=O) groups excluding carboxylic acids is 1. The highest BCUT2D eigenvalue weighted by atomic mass is 19.1. The summed E-state index contributed by atoms with van der Waals surface area (Å²) in [5.74, 6) is -0.206. The van der Waals surface area contributed by atoms with Crippen LogP contribution in [0.25, 0.3) is 5.65 Å². The lowest BCUT2D eigenvalue weighted by molar-refractivity contribution is 0.0699. The summed E-state index contributed by atoms with van der Waals surface area (Å²) in [5, 5.41) is 6.62. The summed E-state index contributed by atoms with van der Waals surface area (Å²) in [6.07, 6.45) is 2.91. The highest BCUT2D eigenvalue weighted by Gasteiger charge is 2.30. The van der Waals surface area contributed by atoms with Crippen LogP contribution in [0.3, 0.4) is 0 Å². The number of imidazole rings is 1. The Morgan fingerprint density at radius 1 is 1.37 bits per heavy atom. The van der Waals surface area contributed by atoms with Gasteiger partial charge in [-0.25, -0.2) is 14.9 Å². The van der Waals surface area contributed by atoms with Crippen molar-refractivity contribution >= 4 is 11.6 Å². The van der Waals surface area contributed by atoms with Gasteiger partial charge in [-0.2, -0.15) is 9.49 Å². The molecule has 9 heteroatoms. The molecule has 1 N–H and O–H groups in total. The molecule has 142 valence electrons. The van der Waals surface area contributed by atoms with Crippen molar-refractivity contribution in [3.63, 3.8) is 0 Å². The fourth-order valence-electron chi connectivity index (χ4n) is 3.75. The molecule has 1 aliphatic rings. The van der Waals surface area contributed by atoms with Crippen molar-refractivity contribution in [2.24, 2.45) is 0 Å². The van der Waals surface area contributed by atoms with Crippen LogP contribution in [0.5, 0.6) is 0 Å². The molecule has 0 radical (unpaired) electrons. The van der Waals surface area contributed by atoms with Gasteiger partial charge in [0.2, 0.25) is 5.95 Å². The Kier molecular flexibility index (Phi) is 4.29. The van der Waals surface area contributed by atoms with Crippen molar-refractivity contribution in [2.45, 2.75) is 39.2 Å². The number of H-pyrrole nitrogens is 1. The number of fused-ring (bicyclic) bond motifs is 1. The predicted octanol–water partition coefficient (Wildman–Crippen LogP) is 1.71. The molecular formula is C18H21FN6O2. The van der Waals surface area contributed by atoms with Gasteiger partial charge in [-0.3, -0.25) is 13.8 Å². The first-order valence-corrected chi connectivity index (χ1v) is 9.08. The lowest BCUT2D eigenvalue weighted by Gasteiger charge is -2.31. The van der Waals surface area contributed by atoms with E-state index in [2.05, 4.69) is 15.2 Å². The normalized spacial score (nSPS) is 15.6. The van der Waals surface area contributed by atoms with E-state index in [1.165, 1.54) is 4.40 Å². The van der Waals surface area contributed by atoms with E-state index in [1.807, 2.05) is 19.9 Å². The molecule has 0 spiro atoms. The average Bonchev–Trinajstić information content (AvgIpc) is 3.22. The van der Waals surface area contributed by atoms with Gasteiger partial charge in [-0.05, 0) is 38.3 Å². The standard InChI is InChI=1S/C18H21FN6O2/c1-3-24-16(21-22-18(24)27)12-6-9-23(10-7-12)17(26)13-14(19)25-8-4-5-11(2)15(25)20-13/h4-5,8,12H,3,6-7,9-10H2,1-2H3,(H,22,27). The third-order valence-corrected chi connectivity index (χ3v) is 5.24. The maximum atomic E-state index is 14.7. The van der Waals surface area contributed by atoms with Crippen LogP contribution in [0.1, 0.15) is 47.6 Å². The van der Waals surface area contributed by atoms with Crippen LogP contribution < -0.4 is 5.69 Å². The molecule has 3 aromatic rings. The first kappa shape index (κ1) is 17.4. The number of nitrogens with zero attached hydrogens (tertiary/aromatic N) is 5. The number of piperidine rings is 1. The number of rotatable bonds is 3. The van der Waals surface area contributed by atoms with Gasteiger partial charge in [-0.1, -0.05) is 6.07 Å². The minimum atomic E-state index is -0.632. The number of aromatic nitrogens is 5. The molecule has 0 aliphatic carbocycles. The summed E-state index contributed by atoms with van der Waals surface area (Å²) in [6.45, 7) is 5.22. The zero-order valence-electron chi connectivity index (χ0n) is 15.3. The number of pyridine rings is 1. The zero-order chi connectivity index (χ0) is 19.1. The van der Waals surface area contributed by atoms with Crippen molar-refractivity contribution in [3.05, 3.63) is 51.8 Å². The van der Waals surface area contributed by atoms with E-state index in [4.69, 9.17) is 0 Å². The van der Waals surface area contributed by atoms with Gasteiger partial charge >= 0.3 is 5.69 Å². The molecule has 1 aliphatic heterocycles. The fourth-order valence-corrected chi connectivity index (χ4v) is 3.75. The van der Waals surface area contributed by atoms with E-state index in [0.29, 0.717) is 38.1 Å². The van der Waals surface area contributed by atoms with E-state index >= 15 is 0 Å². The zero-order valence-corrected chi connectivity index (χ0v) is 15.3. The van der Waals surface area contributed by atoms with Gasteiger partial charge in [0.25, 0.3) is 5.91 Å². The second kappa shape index (κ2) is 6.64. The quantitative estimate of drug-likeness (QED) is 0.758. The number of amides is 1. The number of aromatic amines is 1. The number of halogens is 1. The van der Waals surface area contributed by atoms with Crippen molar-refractivity contribution in [3.8, 4) is 0 Å². The molecule has 0 saturated carbocycles. The summed E-state index contributed by atoms with van der Waals surface area (Å²) >= 11 is 0. The summed E-state index contributed by atoms with van der Waals surface area (Å²) in [4.78, 5) is 30.4. The molecule has 1 saturated heterocycles. The Morgan fingerprint density at radius 2 is 2.11 bits per heavy atom. The number of likely N-dealkylation sites (tertiary alicyclic amines) is 1. The molecule has 27 heavy (non-hydrogen) atoms. The van der Waals surface area contributed by atoms with Gasteiger partial charge in [0, 0.05) is 31.7 Å². The number of hydrogen-bond acceptors (Lipinski definition) is 4. The topological polar surface area (TPSA) is 88.3 Å². The molecule has 4 rings (SSSR count). The maximum Gasteiger partial charge on any atom is 0.343 e. The Morgan fingerprint density at radius 3 is 2.78 bits per heavy atom. The van der Waals surface area contributed by atoms with Crippen LogP contribution >= 0.6 is 0 Å². The molecule has 1 fully saturated rings. The molecule has 4 heterocycles. The van der Waals surface area contributed by atoms with Gasteiger partial charge in [0.15, 0.2) is 5.69 Å². The minimum absolute atomic E-state index is 0.0983. The van der Waals surface area contributed by atoms with Crippen molar-refractivity contribution in [1.29, 1.82) is 0 Å². The summed E-state index contributed by atoms with van der Waals surface area (Å²) in [7, 11) is 0. The molecule has 8 nitrogen and oxygen atoms in total. The summed E-state index contributed by atoms with van der Waals surface area (Å²) in [6, 6.07) is 3.56. The first-order valence-electron chi connectivity index (χ1n) is 9.08. The van der Waals surface area contributed by atoms with Crippen LogP contribution in [0.4, 0.5) is 4.39 Å². The lowest BCUT2D eigenvalue weighted by atomic mass is 9.95. The third-order valence-electron chi connectivity index (χ3n) is 5.24. The number of hydrogen-bond donors (Lipinski definition) is 1. The summed E-state index contributed by atoms with van der Waals surface area (Å²) < 4.78 is 17.6. The minimum Gasteiger partial charge on any atom is -0.337 e. The molecule has 0 atom stereocenters. The molecule has 0 bridgehead atoms. The van der Waals surface area contributed by atoms with E-state index in [0.717, 1.165) is 11.4 Å². The highest BCUT2D eigenvalue weighted by molar-refractivity contribution is 5.93. The van der Waals surface area contributed by atoms with Crippen molar-refractivity contribution in [1.82, 2.24) is 29.0 Å². The molecule has 3 aromatic heterocycles. The maximum absolute atomic E-state index is 14.7. The van der Waals surface area contributed by atoms with Crippen molar-refractivity contribution in [2.75, 3.05) is 13.1 Å². The van der Waals surface area contributed by atoms with E-state index < -0.39 is 11.9 Å². The van der Waals surface area contributed by atoms with E-state index in [-0.39, 0.29) is 17.3 Å². The monoisotopic (exact) mass is 372 g/mol. The molecule has 1 amide bonds. The van der Waals surface area contributed by atoms with Crippen LogP contribution in [-0.4, -0.2) is 48.0 Å². The number of carbonyl (C=O) groups is 1. The molecular weight excluding hydrogens is 351 g/mol. The number of aryl methyl sites for hydroxylation is 1. The lowest BCUT2D eigenvalue weighted by Crippen LogP contribution is -2.39. The summed E-state index contributed by atoms with van der Waals surface area (Å²) in [5.41, 5.74) is 0.906. The van der Waals surface area contributed by atoms with Crippen LogP contribution in [-0.2, 0) is 6.54 Å². The predicted molar refractivity (Wildman–Crippen MR) is 96.3 cm³/mol. The Labute approximate surface area is 154 Å². The first-order chi connectivity index (χ1) is 13.0. The van der Waals surface area contributed by atoms with E-state index in [1.54, 1.807) is 21.7 Å². The second-order valence-corrected chi connectivity index (χ2v) is 6.83. The molecule has 0 aromatic carbocycles. The van der Waals surface area contributed by atoms with Crippen LogP contribution in [0.15, 0.2) is 23.1 Å². The van der Waals surface area contributed by atoms with E-state index in [9.17, 15) is 14.0 Å². The van der Waals surface area contributed by atoms with Crippen LogP contribution in [0.2, 0.25) is 0 Å². The van der Waals surface area contributed by atoms with Gasteiger partial charge in [0.05, 0.1) is 0 Å². The Hall–Kier alpha value is -2.97. The molecule has 0 unspecified atom stereocenters. The van der Waals surface area contributed by atoms with Crippen LogP contribution in [0, 0.1) is 12.9 Å².